The van der Waals surface area contributed by atoms with E-state index in [1.165, 1.54) is 16.4 Å². The second kappa shape index (κ2) is 9.65. The maximum atomic E-state index is 13.1. The number of nitrogens with zero attached hydrogens (tertiary/aromatic N) is 2. The molecule has 4 rings (SSSR count). The van der Waals surface area contributed by atoms with E-state index in [1.54, 1.807) is 23.5 Å². The molecule has 2 heterocycles. The van der Waals surface area contributed by atoms with Gasteiger partial charge in [0.25, 0.3) is 0 Å². The summed E-state index contributed by atoms with van der Waals surface area (Å²) in [4.78, 5) is 14.2. The van der Waals surface area contributed by atoms with Crippen molar-refractivity contribution in [1.82, 2.24) is 9.62 Å². The average molecular weight is 466 g/mol. The first-order valence-electron chi connectivity index (χ1n) is 10.4. The Hall–Kier alpha value is -2.99. The van der Waals surface area contributed by atoms with Gasteiger partial charge in [0.1, 0.15) is 6.07 Å². The fourth-order valence-corrected chi connectivity index (χ4v) is 6.38. The normalized spacial score (nSPS) is 16.2. The summed E-state index contributed by atoms with van der Waals surface area (Å²) in [6.07, 6.45) is 0.872. The lowest BCUT2D eigenvalue weighted by molar-refractivity contribution is -0.126. The number of amides is 1. The Kier molecular flexibility index (Phi) is 6.70. The highest BCUT2D eigenvalue weighted by Gasteiger charge is 2.34. The molecule has 1 aliphatic rings. The molecule has 1 aliphatic heterocycles. The third-order valence-electron chi connectivity index (χ3n) is 5.70. The summed E-state index contributed by atoms with van der Waals surface area (Å²) in [5, 5.41) is 14.4. The molecule has 6 nitrogen and oxygen atoms in total. The van der Waals surface area contributed by atoms with Crippen LogP contribution in [0.15, 0.2) is 77.0 Å². The van der Waals surface area contributed by atoms with E-state index in [4.69, 9.17) is 0 Å². The first-order chi connectivity index (χ1) is 15.5. The number of nitriles is 1. The fourth-order valence-electron chi connectivity index (χ4n) is 3.96. The van der Waals surface area contributed by atoms with Gasteiger partial charge in [-0.2, -0.15) is 9.57 Å². The maximum Gasteiger partial charge on any atom is 0.244 e. The molecule has 8 heteroatoms. The zero-order valence-corrected chi connectivity index (χ0v) is 19.0. The van der Waals surface area contributed by atoms with Crippen molar-refractivity contribution in [2.75, 3.05) is 13.1 Å². The molecule has 164 valence electrons. The van der Waals surface area contributed by atoms with Crippen LogP contribution in [0, 0.1) is 17.2 Å². The van der Waals surface area contributed by atoms with Gasteiger partial charge in [0, 0.05) is 23.9 Å². The lowest BCUT2D eigenvalue weighted by Gasteiger charge is -2.31. The van der Waals surface area contributed by atoms with Crippen molar-refractivity contribution in [2.45, 2.75) is 23.8 Å². The number of benzene rings is 2. The van der Waals surface area contributed by atoms with Crippen LogP contribution < -0.4 is 5.32 Å². The van der Waals surface area contributed by atoms with Crippen molar-refractivity contribution in [3.05, 3.63) is 88.1 Å². The third kappa shape index (κ3) is 4.60. The zero-order valence-electron chi connectivity index (χ0n) is 17.3. The first kappa shape index (κ1) is 22.2. The number of thiophene rings is 1. The summed E-state index contributed by atoms with van der Waals surface area (Å²) < 4.78 is 27.5. The summed E-state index contributed by atoms with van der Waals surface area (Å²) in [5.41, 5.74) is 1.14. The number of sulfonamides is 1. The predicted octanol–water partition coefficient (Wildman–Crippen LogP) is 3.93. The van der Waals surface area contributed by atoms with Crippen molar-refractivity contribution in [3.63, 3.8) is 0 Å². The molecule has 0 radical (unpaired) electrons. The van der Waals surface area contributed by atoms with Crippen LogP contribution in [0.2, 0.25) is 0 Å². The Labute approximate surface area is 192 Å². The Balaban J connectivity index is 1.45. The number of rotatable bonds is 6. The highest BCUT2D eigenvalue weighted by molar-refractivity contribution is 7.89. The van der Waals surface area contributed by atoms with E-state index in [-0.39, 0.29) is 41.4 Å². The molecule has 1 N–H and O–H groups in total. The molecule has 1 fully saturated rings. The lowest BCUT2D eigenvalue weighted by Crippen LogP contribution is -2.43. The van der Waals surface area contributed by atoms with E-state index in [1.807, 2.05) is 53.9 Å². The van der Waals surface area contributed by atoms with Gasteiger partial charge in [-0.3, -0.25) is 4.79 Å². The summed E-state index contributed by atoms with van der Waals surface area (Å²) in [7, 11) is -3.77. The molecule has 1 amide bonds. The van der Waals surface area contributed by atoms with Crippen molar-refractivity contribution >= 4 is 27.3 Å². The van der Waals surface area contributed by atoms with Crippen LogP contribution in [0.4, 0.5) is 0 Å². The van der Waals surface area contributed by atoms with Gasteiger partial charge in [-0.05, 0) is 42.0 Å². The predicted molar refractivity (Wildman–Crippen MR) is 123 cm³/mol. The van der Waals surface area contributed by atoms with Crippen LogP contribution in [0.3, 0.4) is 0 Å². The van der Waals surface area contributed by atoms with E-state index in [0.29, 0.717) is 12.8 Å². The van der Waals surface area contributed by atoms with Gasteiger partial charge in [0.2, 0.25) is 15.9 Å². The van der Waals surface area contributed by atoms with Gasteiger partial charge in [-0.15, -0.1) is 11.3 Å². The quantitative estimate of drug-likeness (QED) is 0.597. The molecule has 2 aromatic carbocycles. The van der Waals surface area contributed by atoms with Gasteiger partial charge < -0.3 is 5.32 Å². The van der Waals surface area contributed by atoms with E-state index in [0.717, 1.165) is 10.4 Å². The molecule has 0 unspecified atom stereocenters. The van der Waals surface area contributed by atoms with Gasteiger partial charge >= 0.3 is 0 Å². The highest BCUT2D eigenvalue weighted by atomic mass is 32.2. The minimum Gasteiger partial charge on any atom is -0.344 e. The second-order valence-electron chi connectivity index (χ2n) is 7.65. The van der Waals surface area contributed by atoms with Crippen LogP contribution in [0.25, 0.3) is 0 Å². The summed E-state index contributed by atoms with van der Waals surface area (Å²) in [6, 6.07) is 21.7. The monoisotopic (exact) mass is 465 g/mol. The topological polar surface area (TPSA) is 90.3 Å². The maximum absolute atomic E-state index is 13.1. The Morgan fingerprint density at radius 1 is 1.03 bits per heavy atom. The largest absolute Gasteiger partial charge is 0.344 e. The highest BCUT2D eigenvalue weighted by Crippen LogP contribution is 2.29. The fraction of sp³-hybridized carbons (Fsp3) is 0.250. The molecule has 0 spiro atoms. The zero-order chi connectivity index (χ0) is 22.6. The number of hydrogen-bond donors (Lipinski definition) is 1. The molecule has 1 atom stereocenters. The van der Waals surface area contributed by atoms with E-state index >= 15 is 0 Å². The van der Waals surface area contributed by atoms with Gasteiger partial charge in [0.05, 0.1) is 16.5 Å². The number of carbonyl (C=O) groups is 1. The molecule has 1 aromatic heterocycles. The van der Waals surface area contributed by atoms with Gasteiger partial charge in [0.15, 0.2) is 0 Å². The van der Waals surface area contributed by atoms with Gasteiger partial charge in [-0.25, -0.2) is 8.42 Å². The molecule has 0 bridgehead atoms. The van der Waals surface area contributed by atoms with Crippen LogP contribution in [-0.4, -0.2) is 31.7 Å². The minimum atomic E-state index is -3.77. The van der Waals surface area contributed by atoms with E-state index < -0.39 is 10.0 Å². The van der Waals surface area contributed by atoms with Crippen LogP contribution >= 0.6 is 11.3 Å². The summed E-state index contributed by atoms with van der Waals surface area (Å²) >= 11 is 1.59. The summed E-state index contributed by atoms with van der Waals surface area (Å²) in [6.45, 7) is 0.490. The second-order valence-corrected chi connectivity index (χ2v) is 10.5. The standard InChI is InChI=1S/C24H23N3O3S2/c25-17-20-9-4-5-11-22(20)32(29,30)27-14-12-19(13-15-27)24(28)26-23(21-10-6-16-31-21)18-7-2-1-3-8-18/h1-11,16,19,23H,12-15H2,(H,26,28)/t23-/m1/s1. The van der Waals surface area contributed by atoms with Crippen molar-refractivity contribution in [1.29, 1.82) is 5.26 Å². The number of carbonyl (C=O) groups excluding carboxylic acids is 1. The average Bonchev–Trinajstić information content (AvgIpc) is 3.37. The molecule has 3 aromatic rings. The smallest absolute Gasteiger partial charge is 0.244 e. The van der Waals surface area contributed by atoms with E-state index in [9.17, 15) is 18.5 Å². The molecular formula is C24H23N3O3S2. The van der Waals surface area contributed by atoms with Crippen molar-refractivity contribution < 1.29 is 13.2 Å². The lowest BCUT2D eigenvalue weighted by atomic mass is 9.96. The van der Waals surface area contributed by atoms with Crippen molar-refractivity contribution in [2.24, 2.45) is 5.92 Å². The SMILES string of the molecule is N#Cc1ccccc1S(=O)(=O)N1CCC(C(=O)N[C@H](c2ccccc2)c2cccs2)CC1. The van der Waals surface area contributed by atoms with Gasteiger partial charge in [-0.1, -0.05) is 48.5 Å². The van der Waals surface area contributed by atoms with Crippen LogP contribution in [0.1, 0.15) is 34.9 Å². The van der Waals surface area contributed by atoms with Crippen molar-refractivity contribution in [3.8, 4) is 6.07 Å². The van der Waals surface area contributed by atoms with Crippen LogP contribution in [-0.2, 0) is 14.8 Å². The van der Waals surface area contributed by atoms with E-state index in [2.05, 4.69) is 5.32 Å². The Morgan fingerprint density at radius 2 is 1.72 bits per heavy atom. The molecular weight excluding hydrogens is 442 g/mol. The number of hydrogen-bond acceptors (Lipinski definition) is 5. The summed E-state index contributed by atoms with van der Waals surface area (Å²) in [5.74, 6) is -0.333. The van der Waals surface area contributed by atoms with Crippen LogP contribution in [0.5, 0.6) is 0 Å². The number of piperidine rings is 1. The number of nitrogens with one attached hydrogen (secondary N) is 1. The Morgan fingerprint density at radius 3 is 2.38 bits per heavy atom. The molecule has 32 heavy (non-hydrogen) atoms. The Bertz CT molecular complexity index is 1210. The minimum absolute atomic E-state index is 0.0206. The molecule has 0 saturated carbocycles. The third-order valence-corrected chi connectivity index (χ3v) is 8.59. The first-order valence-corrected chi connectivity index (χ1v) is 12.7. The molecule has 0 aliphatic carbocycles. The molecule has 1 saturated heterocycles.